The van der Waals surface area contributed by atoms with Gasteiger partial charge in [0.25, 0.3) is 5.91 Å². The third kappa shape index (κ3) is 3.68. The molecule has 1 amide bonds. The fraction of sp³-hybridized carbons (Fsp3) is 0.667. The summed E-state index contributed by atoms with van der Waals surface area (Å²) in [5.74, 6) is 1.37. The van der Waals surface area contributed by atoms with Gasteiger partial charge in [-0.15, -0.1) is 10.2 Å². The normalized spacial score (nSPS) is 18.9. The Balaban J connectivity index is 1.98. The predicted molar refractivity (Wildman–Crippen MR) is 79.7 cm³/mol. The van der Waals surface area contributed by atoms with Crippen LogP contribution in [0.3, 0.4) is 0 Å². The van der Waals surface area contributed by atoms with E-state index in [9.17, 15) is 4.79 Å². The van der Waals surface area contributed by atoms with Crippen molar-refractivity contribution < 1.29 is 4.79 Å². The van der Waals surface area contributed by atoms with Gasteiger partial charge in [-0.2, -0.15) is 0 Å². The highest BCUT2D eigenvalue weighted by atomic mass is 16.2. The van der Waals surface area contributed by atoms with Gasteiger partial charge in [0.1, 0.15) is 5.82 Å². The van der Waals surface area contributed by atoms with Crippen LogP contribution in [-0.2, 0) is 0 Å². The Morgan fingerprint density at radius 2 is 2.25 bits per heavy atom. The number of nitrogens with zero attached hydrogens (tertiary/aromatic N) is 3. The predicted octanol–water partition coefficient (Wildman–Crippen LogP) is 2.56. The van der Waals surface area contributed by atoms with Crippen LogP contribution < -0.4 is 5.32 Å². The topological polar surface area (TPSA) is 58.1 Å². The van der Waals surface area contributed by atoms with Crippen molar-refractivity contribution in [3.05, 3.63) is 17.8 Å². The van der Waals surface area contributed by atoms with Gasteiger partial charge in [0.15, 0.2) is 5.69 Å². The number of amides is 1. The molecule has 0 saturated carbocycles. The molecule has 2 rings (SSSR count). The summed E-state index contributed by atoms with van der Waals surface area (Å²) in [4.78, 5) is 14.3. The van der Waals surface area contributed by atoms with Crippen LogP contribution in [0.4, 0.5) is 5.82 Å². The van der Waals surface area contributed by atoms with E-state index in [1.807, 2.05) is 11.0 Å². The molecule has 1 aromatic heterocycles. The van der Waals surface area contributed by atoms with Crippen molar-refractivity contribution in [2.24, 2.45) is 5.92 Å². The lowest BCUT2D eigenvalue weighted by atomic mass is 9.95. The zero-order chi connectivity index (χ0) is 14.4. The maximum absolute atomic E-state index is 12.4. The average Bonchev–Trinajstić information content (AvgIpc) is 2.52. The zero-order valence-corrected chi connectivity index (χ0v) is 12.4. The van der Waals surface area contributed by atoms with Crippen LogP contribution in [0.25, 0.3) is 0 Å². The molecule has 0 radical (unpaired) electrons. The fourth-order valence-corrected chi connectivity index (χ4v) is 2.54. The monoisotopic (exact) mass is 276 g/mol. The van der Waals surface area contributed by atoms with Gasteiger partial charge in [0, 0.05) is 19.6 Å². The van der Waals surface area contributed by atoms with Gasteiger partial charge < -0.3 is 10.2 Å². The molecule has 0 bridgehead atoms. The van der Waals surface area contributed by atoms with Crippen molar-refractivity contribution in [3.8, 4) is 0 Å². The highest BCUT2D eigenvalue weighted by Gasteiger charge is 2.24. The number of hydrogen-bond donors (Lipinski definition) is 1. The van der Waals surface area contributed by atoms with Crippen LogP contribution in [-0.4, -0.2) is 40.6 Å². The molecule has 5 heteroatoms. The van der Waals surface area contributed by atoms with E-state index in [0.717, 1.165) is 44.7 Å². The number of aromatic nitrogens is 2. The molecule has 20 heavy (non-hydrogen) atoms. The van der Waals surface area contributed by atoms with Crippen LogP contribution in [0.1, 0.15) is 50.0 Å². The van der Waals surface area contributed by atoms with Crippen LogP contribution in [0.15, 0.2) is 12.1 Å². The number of nitrogens with one attached hydrogen (secondary N) is 1. The van der Waals surface area contributed by atoms with Gasteiger partial charge in [-0.3, -0.25) is 4.79 Å². The van der Waals surface area contributed by atoms with Gasteiger partial charge in [0.2, 0.25) is 0 Å². The first kappa shape index (κ1) is 14.8. The zero-order valence-electron chi connectivity index (χ0n) is 12.4. The molecular weight excluding hydrogens is 252 g/mol. The number of carbonyl (C=O) groups is 1. The van der Waals surface area contributed by atoms with E-state index in [4.69, 9.17) is 0 Å². The van der Waals surface area contributed by atoms with E-state index < -0.39 is 0 Å². The number of likely N-dealkylation sites (tertiary alicyclic amines) is 1. The summed E-state index contributed by atoms with van der Waals surface area (Å²) in [6.07, 6.45) is 4.49. The van der Waals surface area contributed by atoms with E-state index >= 15 is 0 Å². The maximum atomic E-state index is 12.4. The number of carbonyl (C=O) groups excluding carboxylic acids is 1. The molecule has 1 aromatic rings. The van der Waals surface area contributed by atoms with Crippen molar-refractivity contribution in [3.63, 3.8) is 0 Å². The van der Waals surface area contributed by atoms with E-state index in [2.05, 4.69) is 29.4 Å². The Labute approximate surface area is 120 Å². The van der Waals surface area contributed by atoms with Gasteiger partial charge in [-0.1, -0.05) is 20.3 Å². The van der Waals surface area contributed by atoms with E-state index in [1.54, 1.807) is 6.07 Å². The summed E-state index contributed by atoms with van der Waals surface area (Å²) < 4.78 is 0. The minimum Gasteiger partial charge on any atom is -0.369 e. The largest absolute Gasteiger partial charge is 0.369 e. The summed E-state index contributed by atoms with van der Waals surface area (Å²) >= 11 is 0. The van der Waals surface area contributed by atoms with Crippen LogP contribution >= 0.6 is 0 Å². The molecule has 1 saturated heterocycles. The van der Waals surface area contributed by atoms with Gasteiger partial charge >= 0.3 is 0 Å². The number of anilines is 1. The maximum Gasteiger partial charge on any atom is 0.274 e. The lowest BCUT2D eigenvalue weighted by molar-refractivity contribution is 0.0664. The molecule has 1 aliphatic rings. The van der Waals surface area contributed by atoms with E-state index in [1.165, 1.54) is 6.42 Å². The first-order valence-corrected chi connectivity index (χ1v) is 7.61. The van der Waals surface area contributed by atoms with Crippen molar-refractivity contribution in [2.45, 2.75) is 39.5 Å². The Bertz CT molecular complexity index is 432. The second kappa shape index (κ2) is 7.22. The Morgan fingerprint density at radius 3 is 2.90 bits per heavy atom. The van der Waals surface area contributed by atoms with Crippen LogP contribution in [0, 0.1) is 5.92 Å². The minimum absolute atomic E-state index is 0.0118. The number of piperidine rings is 1. The first-order chi connectivity index (χ1) is 9.74. The number of rotatable bonds is 5. The Morgan fingerprint density at radius 1 is 1.40 bits per heavy atom. The number of hydrogen-bond acceptors (Lipinski definition) is 4. The minimum atomic E-state index is 0.0118. The summed E-state index contributed by atoms with van der Waals surface area (Å²) in [5.41, 5.74) is 0.448. The molecular formula is C15H24N4O. The molecule has 1 aliphatic heterocycles. The first-order valence-electron chi connectivity index (χ1n) is 7.61. The van der Waals surface area contributed by atoms with Crippen molar-refractivity contribution in [2.75, 3.05) is 25.0 Å². The summed E-state index contributed by atoms with van der Waals surface area (Å²) in [5, 5.41) is 11.3. The molecule has 1 N–H and O–H groups in total. The fourth-order valence-electron chi connectivity index (χ4n) is 2.54. The van der Waals surface area contributed by atoms with Crippen molar-refractivity contribution >= 4 is 11.7 Å². The highest BCUT2D eigenvalue weighted by molar-refractivity contribution is 5.92. The Kier molecular flexibility index (Phi) is 5.32. The van der Waals surface area contributed by atoms with E-state index in [-0.39, 0.29) is 5.91 Å². The Hall–Kier alpha value is -1.65. The van der Waals surface area contributed by atoms with Crippen molar-refractivity contribution in [1.29, 1.82) is 0 Å². The molecule has 0 spiro atoms. The standard InChI is InChI=1S/C15H24N4O/c1-3-9-16-14-8-7-13(17-18-14)15(20)19-10-5-6-12(4-2)11-19/h7-8,12H,3-6,9-11H2,1-2H3,(H,16,18). The molecule has 0 aromatic carbocycles. The molecule has 0 aliphatic carbocycles. The van der Waals surface area contributed by atoms with Crippen LogP contribution in [0.2, 0.25) is 0 Å². The summed E-state index contributed by atoms with van der Waals surface area (Å²) in [6, 6.07) is 3.60. The van der Waals surface area contributed by atoms with E-state index in [0.29, 0.717) is 11.6 Å². The summed E-state index contributed by atoms with van der Waals surface area (Å²) in [7, 11) is 0. The quantitative estimate of drug-likeness (QED) is 0.898. The molecule has 5 nitrogen and oxygen atoms in total. The van der Waals surface area contributed by atoms with Crippen LogP contribution in [0.5, 0.6) is 0 Å². The lowest BCUT2D eigenvalue weighted by Gasteiger charge is -2.31. The third-order valence-corrected chi connectivity index (χ3v) is 3.82. The van der Waals surface area contributed by atoms with Gasteiger partial charge in [-0.05, 0) is 37.3 Å². The molecule has 1 unspecified atom stereocenters. The smallest absolute Gasteiger partial charge is 0.274 e. The SMILES string of the molecule is CCCNc1ccc(C(=O)N2CCCC(CC)C2)nn1. The molecule has 2 heterocycles. The molecule has 110 valence electrons. The molecule has 1 atom stereocenters. The summed E-state index contributed by atoms with van der Waals surface area (Å²) in [6.45, 7) is 6.84. The lowest BCUT2D eigenvalue weighted by Crippen LogP contribution is -2.40. The second-order valence-electron chi connectivity index (χ2n) is 5.40. The average molecular weight is 276 g/mol. The highest BCUT2D eigenvalue weighted by Crippen LogP contribution is 2.20. The third-order valence-electron chi connectivity index (χ3n) is 3.82. The van der Waals surface area contributed by atoms with Crippen molar-refractivity contribution in [1.82, 2.24) is 15.1 Å². The van der Waals surface area contributed by atoms with Gasteiger partial charge in [-0.25, -0.2) is 0 Å². The molecule has 1 fully saturated rings. The van der Waals surface area contributed by atoms with Gasteiger partial charge in [0.05, 0.1) is 0 Å². The second-order valence-corrected chi connectivity index (χ2v) is 5.40.